The monoisotopic (exact) mass is 237 g/mol. The standard InChI is InChI=1S/C11H19N5O/c1-7-5-8(15-10(12)14-7)13-6-9(17)16-11(2,3)4/h5H,6H2,1-4H3,(H,16,17)(H3,12,13,14,15). The molecule has 0 aliphatic rings. The van der Waals surface area contributed by atoms with E-state index in [0.717, 1.165) is 5.69 Å². The molecule has 1 aromatic heterocycles. The van der Waals surface area contributed by atoms with Crippen LogP contribution in [0.3, 0.4) is 0 Å². The van der Waals surface area contributed by atoms with Crippen molar-refractivity contribution >= 4 is 17.7 Å². The normalized spacial score (nSPS) is 11.1. The number of carbonyl (C=O) groups excluding carboxylic acids is 1. The lowest BCUT2D eigenvalue weighted by Crippen LogP contribution is -2.43. The number of carbonyl (C=O) groups is 1. The fourth-order valence-electron chi connectivity index (χ4n) is 1.32. The van der Waals surface area contributed by atoms with E-state index in [0.29, 0.717) is 5.82 Å². The number of nitrogen functional groups attached to an aromatic ring is 1. The Balaban J connectivity index is 2.53. The number of nitrogens with one attached hydrogen (secondary N) is 2. The summed E-state index contributed by atoms with van der Waals surface area (Å²) < 4.78 is 0. The van der Waals surface area contributed by atoms with Crippen LogP contribution in [-0.2, 0) is 4.79 Å². The second-order valence-corrected chi connectivity index (χ2v) is 4.90. The molecular weight excluding hydrogens is 218 g/mol. The van der Waals surface area contributed by atoms with E-state index in [2.05, 4.69) is 20.6 Å². The number of nitrogens with zero attached hydrogens (tertiary/aromatic N) is 2. The first kappa shape index (κ1) is 13.2. The van der Waals surface area contributed by atoms with Crippen molar-refractivity contribution in [2.45, 2.75) is 33.2 Å². The zero-order valence-electron chi connectivity index (χ0n) is 10.7. The van der Waals surface area contributed by atoms with Crippen molar-refractivity contribution < 1.29 is 4.79 Å². The van der Waals surface area contributed by atoms with Gasteiger partial charge >= 0.3 is 0 Å². The van der Waals surface area contributed by atoms with Gasteiger partial charge in [-0.15, -0.1) is 0 Å². The van der Waals surface area contributed by atoms with Gasteiger partial charge in [-0.25, -0.2) is 4.98 Å². The Morgan fingerprint density at radius 2 is 2.06 bits per heavy atom. The van der Waals surface area contributed by atoms with E-state index in [4.69, 9.17) is 5.73 Å². The van der Waals surface area contributed by atoms with E-state index in [9.17, 15) is 4.79 Å². The minimum absolute atomic E-state index is 0.0904. The summed E-state index contributed by atoms with van der Waals surface area (Å²) in [6.07, 6.45) is 0. The first-order valence-electron chi connectivity index (χ1n) is 5.42. The quantitative estimate of drug-likeness (QED) is 0.719. The van der Waals surface area contributed by atoms with Gasteiger partial charge in [0.2, 0.25) is 11.9 Å². The lowest BCUT2D eigenvalue weighted by Gasteiger charge is -2.20. The Hall–Kier alpha value is -1.85. The highest BCUT2D eigenvalue weighted by atomic mass is 16.2. The SMILES string of the molecule is Cc1cc(NCC(=O)NC(C)(C)C)nc(N)n1. The molecule has 94 valence electrons. The molecule has 0 radical (unpaired) electrons. The molecule has 0 saturated heterocycles. The zero-order chi connectivity index (χ0) is 13.1. The van der Waals surface area contributed by atoms with Gasteiger partial charge in [0.1, 0.15) is 5.82 Å². The van der Waals surface area contributed by atoms with Crippen molar-refractivity contribution in [2.24, 2.45) is 0 Å². The molecule has 0 fully saturated rings. The molecule has 0 atom stereocenters. The topological polar surface area (TPSA) is 92.9 Å². The summed E-state index contributed by atoms with van der Waals surface area (Å²) in [4.78, 5) is 19.5. The average Bonchev–Trinajstić information content (AvgIpc) is 2.10. The molecule has 0 aliphatic heterocycles. The number of rotatable bonds is 3. The van der Waals surface area contributed by atoms with Gasteiger partial charge in [0.05, 0.1) is 6.54 Å². The van der Waals surface area contributed by atoms with Gasteiger partial charge in [0.15, 0.2) is 0 Å². The molecule has 17 heavy (non-hydrogen) atoms. The van der Waals surface area contributed by atoms with E-state index in [1.165, 1.54) is 0 Å². The van der Waals surface area contributed by atoms with Crippen LogP contribution in [0.5, 0.6) is 0 Å². The number of hydrogen-bond acceptors (Lipinski definition) is 5. The van der Waals surface area contributed by atoms with Gasteiger partial charge in [-0.1, -0.05) is 0 Å². The molecule has 0 unspecified atom stereocenters. The predicted octanol–water partition coefficient (Wildman–Crippen LogP) is 0.694. The summed E-state index contributed by atoms with van der Waals surface area (Å²) in [5.74, 6) is 0.662. The predicted molar refractivity (Wildman–Crippen MR) is 67.6 cm³/mol. The van der Waals surface area contributed by atoms with Crippen LogP contribution < -0.4 is 16.4 Å². The highest BCUT2D eigenvalue weighted by molar-refractivity contribution is 5.81. The third-order valence-corrected chi connectivity index (χ3v) is 1.82. The minimum atomic E-state index is -0.237. The number of hydrogen-bond donors (Lipinski definition) is 3. The molecule has 0 saturated carbocycles. The third kappa shape index (κ3) is 5.14. The van der Waals surface area contributed by atoms with Crippen LogP contribution in [0, 0.1) is 6.92 Å². The van der Waals surface area contributed by atoms with Crippen LogP contribution in [-0.4, -0.2) is 28.0 Å². The molecule has 1 heterocycles. The van der Waals surface area contributed by atoms with Gasteiger partial charge < -0.3 is 16.4 Å². The molecule has 0 spiro atoms. The molecule has 4 N–H and O–H groups in total. The van der Waals surface area contributed by atoms with Crippen LogP contribution in [0.15, 0.2) is 6.07 Å². The highest BCUT2D eigenvalue weighted by Gasteiger charge is 2.13. The average molecular weight is 237 g/mol. The molecule has 0 aromatic carbocycles. The maximum absolute atomic E-state index is 11.6. The summed E-state index contributed by atoms with van der Waals surface area (Å²) in [7, 11) is 0. The molecule has 1 rings (SSSR count). The van der Waals surface area contributed by atoms with E-state index in [-0.39, 0.29) is 23.9 Å². The van der Waals surface area contributed by atoms with Crippen LogP contribution in [0.25, 0.3) is 0 Å². The Kier molecular flexibility index (Phi) is 3.88. The van der Waals surface area contributed by atoms with Crippen LogP contribution >= 0.6 is 0 Å². The van der Waals surface area contributed by atoms with E-state index < -0.39 is 0 Å². The van der Waals surface area contributed by atoms with Gasteiger partial charge in [-0.05, 0) is 27.7 Å². The molecule has 6 heteroatoms. The van der Waals surface area contributed by atoms with Crippen molar-refractivity contribution in [3.63, 3.8) is 0 Å². The van der Waals surface area contributed by atoms with Crippen molar-refractivity contribution in [2.75, 3.05) is 17.6 Å². The Labute approximate surface area is 101 Å². The van der Waals surface area contributed by atoms with Crippen molar-refractivity contribution in [3.8, 4) is 0 Å². The third-order valence-electron chi connectivity index (χ3n) is 1.82. The van der Waals surface area contributed by atoms with Crippen LogP contribution in [0.4, 0.5) is 11.8 Å². The van der Waals surface area contributed by atoms with Gasteiger partial charge in [0.25, 0.3) is 0 Å². The number of anilines is 2. The van der Waals surface area contributed by atoms with Crippen LogP contribution in [0.1, 0.15) is 26.5 Å². The molecular formula is C11H19N5O. The van der Waals surface area contributed by atoms with E-state index >= 15 is 0 Å². The largest absolute Gasteiger partial charge is 0.368 e. The summed E-state index contributed by atoms with van der Waals surface area (Å²) in [6, 6.07) is 1.74. The van der Waals surface area contributed by atoms with Crippen molar-refractivity contribution in [1.29, 1.82) is 0 Å². The summed E-state index contributed by atoms with van der Waals surface area (Å²) >= 11 is 0. The molecule has 0 bridgehead atoms. The van der Waals surface area contributed by atoms with Gasteiger partial charge in [-0.3, -0.25) is 4.79 Å². The molecule has 6 nitrogen and oxygen atoms in total. The van der Waals surface area contributed by atoms with Crippen molar-refractivity contribution in [3.05, 3.63) is 11.8 Å². The number of amides is 1. The first-order valence-corrected chi connectivity index (χ1v) is 5.42. The zero-order valence-corrected chi connectivity index (χ0v) is 10.7. The van der Waals surface area contributed by atoms with E-state index in [1.807, 2.05) is 27.7 Å². The molecule has 1 amide bonds. The summed E-state index contributed by atoms with van der Waals surface area (Å²) in [5.41, 5.74) is 6.03. The lowest BCUT2D eigenvalue weighted by molar-refractivity contribution is -0.120. The Morgan fingerprint density at radius 3 is 2.59 bits per heavy atom. The van der Waals surface area contributed by atoms with Gasteiger partial charge in [0, 0.05) is 17.3 Å². The highest BCUT2D eigenvalue weighted by Crippen LogP contribution is 2.06. The Morgan fingerprint density at radius 1 is 1.41 bits per heavy atom. The maximum Gasteiger partial charge on any atom is 0.239 e. The summed E-state index contributed by atoms with van der Waals surface area (Å²) in [6.45, 7) is 7.76. The molecule has 1 aromatic rings. The van der Waals surface area contributed by atoms with Crippen molar-refractivity contribution in [1.82, 2.24) is 15.3 Å². The number of aryl methyl sites for hydroxylation is 1. The second kappa shape index (κ2) is 4.99. The fraction of sp³-hybridized carbons (Fsp3) is 0.545. The maximum atomic E-state index is 11.6. The first-order chi connectivity index (χ1) is 7.76. The van der Waals surface area contributed by atoms with E-state index in [1.54, 1.807) is 6.07 Å². The fourth-order valence-corrected chi connectivity index (χ4v) is 1.32. The van der Waals surface area contributed by atoms with Gasteiger partial charge in [-0.2, -0.15) is 4.98 Å². The number of nitrogens with two attached hydrogens (primary N) is 1. The Bertz CT molecular complexity index is 391. The lowest BCUT2D eigenvalue weighted by atomic mass is 10.1. The van der Waals surface area contributed by atoms with Crippen LogP contribution in [0.2, 0.25) is 0 Å². The number of aromatic nitrogens is 2. The second-order valence-electron chi connectivity index (χ2n) is 4.90. The smallest absolute Gasteiger partial charge is 0.239 e. The molecule has 0 aliphatic carbocycles. The summed E-state index contributed by atoms with van der Waals surface area (Å²) in [5, 5.41) is 5.75. The minimum Gasteiger partial charge on any atom is -0.368 e.